The number of amides is 4. The number of nitrogens with one attached hydrogen (secondary N) is 2. The Labute approximate surface area is 213 Å². The fourth-order valence-electron chi connectivity index (χ4n) is 4.24. The molecule has 0 unspecified atom stereocenters. The molecule has 0 saturated carbocycles. The summed E-state index contributed by atoms with van der Waals surface area (Å²) in [6.07, 6.45) is 2.55. The standard InChI is InChI=1S/C23H24Cl2N4O5S/c1-23(16-7-3-4-8-17(16)24)21(31)29(22(32)27-23)14-20(30)26-19-13-15(9-10-18(19)25)35(33,34)28-11-5-2-6-12-28/h3-4,7-10,13H,2,5-6,11-12,14H2,1H3,(H,26,30)(H,27,32)/t23-/m0/s1. The normalized spacial score (nSPS) is 21.2. The van der Waals surface area contributed by atoms with E-state index in [2.05, 4.69) is 10.6 Å². The van der Waals surface area contributed by atoms with Crippen molar-refractivity contribution in [3.63, 3.8) is 0 Å². The Kier molecular flexibility index (Phi) is 7.10. The van der Waals surface area contributed by atoms with Gasteiger partial charge in [0.2, 0.25) is 15.9 Å². The molecular formula is C23H24Cl2N4O5S. The molecule has 2 aromatic carbocycles. The molecule has 2 aliphatic heterocycles. The maximum atomic E-state index is 13.1. The molecule has 0 spiro atoms. The van der Waals surface area contributed by atoms with Gasteiger partial charge in [0.05, 0.1) is 15.6 Å². The van der Waals surface area contributed by atoms with Crippen molar-refractivity contribution < 1.29 is 22.8 Å². The van der Waals surface area contributed by atoms with Crippen LogP contribution in [-0.2, 0) is 25.2 Å². The van der Waals surface area contributed by atoms with E-state index >= 15 is 0 Å². The quantitative estimate of drug-likeness (QED) is 0.545. The second-order valence-corrected chi connectivity index (χ2v) is 11.3. The minimum Gasteiger partial charge on any atom is -0.323 e. The SMILES string of the molecule is C[C@@]1(c2ccccc2Cl)NC(=O)N(CC(=O)Nc2cc(S(=O)(=O)N3CCCCC3)ccc2Cl)C1=O. The molecule has 4 amide bonds. The number of hydrogen-bond acceptors (Lipinski definition) is 5. The lowest BCUT2D eigenvalue weighted by Crippen LogP contribution is -2.42. The van der Waals surface area contributed by atoms with Crippen LogP contribution in [0.15, 0.2) is 47.4 Å². The molecule has 35 heavy (non-hydrogen) atoms. The number of benzene rings is 2. The molecule has 4 rings (SSSR count). The van der Waals surface area contributed by atoms with E-state index < -0.39 is 40.0 Å². The third kappa shape index (κ3) is 4.88. The Balaban J connectivity index is 1.51. The molecule has 2 saturated heterocycles. The van der Waals surface area contributed by atoms with Gasteiger partial charge in [-0.05, 0) is 44.0 Å². The molecule has 2 fully saturated rings. The van der Waals surface area contributed by atoms with E-state index in [9.17, 15) is 22.8 Å². The second kappa shape index (κ2) is 9.77. The smallest absolute Gasteiger partial charge is 0.323 e. The second-order valence-electron chi connectivity index (χ2n) is 8.58. The zero-order chi connectivity index (χ0) is 25.4. The molecule has 0 aromatic heterocycles. The van der Waals surface area contributed by atoms with Crippen molar-refractivity contribution in [3.05, 3.63) is 58.1 Å². The number of rotatable bonds is 6. The number of piperidine rings is 1. The van der Waals surface area contributed by atoms with Gasteiger partial charge in [-0.1, -0.05) is 47.8 Å². The topological polar surface area (TPSA) is 116 Å². The maximum absolute atomic E-state index is 13.1. The van der Waals surface area contributed by atoms with E-state index in [1.54, 1.807) is 24.3 Å². The van der Waals surface area contributed by atoms with Crippen molar-refractivity contribution in [3.8, 4) is 0 Å². The van der Waals surface area contributed by atoms with Gasteiger partial charge in [-0.15, -0.1) is 0 Å². The predicted octanol–water partition coefficient (Wildman–Crippen LogP) is 3.57. The maximum Gasteiger partial charge on any atom is 0.325 e. The Morgan fingerprint density at radius 1 is 1.06 bits per heavy atom. The molecule has 0 bridgehead atoms. The van der Waals surface area contributed by atoms with Crippen molar-refractivity contribution in [1.82, 2.24) is 14.5 Å². The third-order valence-corrected chi connectivity index (χ3v) is 8.71. The van der Waals surface area contributed by atoms with Crippen LogP contribution in [0.3, 0.4) is 0 Å². The Hall–Kier alpha value is -2.66. The first-order chi connectivity index (χ1) is 16.5. The van der Waals surface area contributed by atoms with Gasteiger partial charge < -0.3 is 10.6 Å². The van der Waals surface area contributed by atoms with Gasteiger partial charge in [-0.25, -0.2) is 13.2 Å². The van der Waals surface area contributed by atoms with Gasteiger partial charge in [0.25, 0.3) is 5.91 Å². The first-order valence-corrected chi connectivity index (χ1v) is 13.2. The molecule has 186 valence electrons. The van der Waals surface area contributed by atoms with Crippen LogP contribution in [0.2, 0.25) is 10.0 Å². The molecule has 2 aromatic rings. The predicted molar refractivity (Wildman–Crippen MR) is 132 cm³/mol. The molecule has 9 nitrogen and oxygen atoms in total. The van der Waals surface area contributed by atoms with Crippen molar-refractivity contribution in [2.24, 2.45) is 0 Å². The Morgan fingerprint density at radius 2 is 1.74 bits per heavy atom. The van der Waals surface area contributed by atoms with Crippen LogP contribution in [0.5, 0.6) is 0 Å². The average molecular weight is 539 g/mol. The fourth-order valence-corrected chi connectivity index (χ4v) is 6.27. The van der Waals surface area contributed by atoms with Crippen LogP contribution in [0.25, 0.3) is 0 Å². The molecule has 2 N–H and O–H groups in total. The van der Waals surface area contributed by atoms with Gasteiger partial charge in [-0.2, -0.15) is 4.31 Å². The fraction of sp³-hybridized carbons (Fsp3) is 0.348. The number of sulfonamides is 1. The summed E-state index contributed by atoms with van der Waals surface area (Å²) in [5.74, 6) is -1.36. The number of hydrogen-bond donors (Lipinski definition) is 2. The lowest BCUT2D eigenvalue weighted by atomic mass is 9.92. The summed E-state index contributed by atoms with van der Waals surface area (Å²) < 4.78 is 27.4. The molecule has 2 aliphatic rings. The van der Waals surface area contributed by atoms with Gasteiger partial charge in [0.1, 0.15) is 12.1 Å². The van der Waals surface area contributed by atoms with E-state index in [1.807, 2.05) is 0 Å². The number of carbonyl (C=O) groups is 3. The van der Waals surface area contributed by atoms with Crippen LogP contribution in [0.1, 0.15) is 31.7 Å². The van der Waals surface area contributed by atoms with E-state index in [4.69, 9.17) is 23.2 Å². The van der Waals surface area contributed by atoms with E-state index in [0.29, 0.717) is 23.7 Å². The van der Waals surface area contributed by atoms with E-state index in [0.717, 1.165) is 24.2 Å². The van der Waals surface area contributed by atoms with Crippen molar-refractivity contribution >= 4 is 56.8 Å². The van der Waals surface area contributed by atoms with Crippen molar-refractivity contribution in [2.45, 2.75) is 36.6 Å². The number of halogens is 2. The van der Waals surface area contributed by atoms with E-state index in [-0.39, 0.29) is 15.6 Å². The number of nitrogens with zero attached hydrogens (tertiary/aromatic N) is 2. The highest BCUT2D eigenvalue weighted by atomic mass is 35.5. The molecule has 1 atom stereocenters. The van der Waals surface area contributed by atoms with Crippen molar-refractivity contribution in [2.75, 3.05) is 25.0 Å². The van der Waals surface area contributed by atoms with Gasteiger partial charge in [-0.3, -0.25) is 14.5 Å². The summed E-state index contributed by atoms with van der Waals surface area (Å²) >= 11 is 12.4. The zero-order valence-electron chi connectivity index (χ0n) is 18.9. The average Bonchev–Trinajstić information content (AvgIpc) is 3.04. The minimum absolute atomic E-state index is 0.000358. The highest BCUT2D eigenvalue weighted by Crippen LogP contribution is 2.33. The molecule has 0 radical (unpaired) electrons. The highest BCUT2D eigenvalue weighted by Gasteiger charge is 2.50. The molecular weight excluding hydrogens is 515 g/mol. The largest absolute Gasteiger partial charge is 0.325 e. The summed E-state index contributed by atoms with van der Waals surface area (Å²) in [7, 11) is -3.74. The summed E-state index contributed by atoms with van der Waals surface area (Å²) in [6.45, 7) is 1.79. The minimum atomic E-state index is -3.74. The van der Waals surface area contributed by atoms with Gasteiger partial charge in [0.15, 0.2) is 0 Å². The summed E-state index contributed by atoms with van der Waals surface area (Å²) in [6, 6.07) is 9.91. The van der Waals surface area contributed by atoms with Crippen LogP contribution in [-0.4, -0.2) is 55.1 Å². The van der Waals surface area contributed by atoms with Crippen LogP contribution in [0.4, 0.5) is 10.5 Å². The molecule has 12 heteroatoms. The first-order valence-electron chi connectivity index (χ1n) is 11.0. The lowest BCUT2D eigenvalue weighted by Gasteiger charge is -2.26. The van der Waals surface area contributed by atoms with Crippen molar-refractivity contribution in [1.29, 1.82) is 0 Å². The van der Waals surface area contributed by atoms with Gasteiger partial charge in [0, 0.05) is 23.7 Å². The molecule has 2 heterocycles. The Bertz CT molecular complexity index is 1300. The van der Waals surface area contributed by atoms with E-state index in [1.165, 1.54) is 29.4 Å². The molecule has 0 aliphatic carbocycles. The summed E-state index contributed by atoms with van der Waals surface area (Å²) in [4.78, 5) is 39.2. The van der Waals surface area contributed by atoms with Crippen LogP contribution < -0.4 is 10.6 Å². The Morgan fingerprint density at radius 3 is 2.43 bits per heavy atom. The summed E-state index contributed by atoms with van der Waals surface area (Å²) in [5.41, 5.74) is -0.965. The van der Waals surface area contributed by atoms with Crippen LogP contribution in [0, 0.1) is 0 Å². The number of urea groups is 1. The third-order valence-electron chi connectivity index (χ3n) is 6.15. The van der Waals surface area contributed by atoms with Gasteiger partial charge >= 0.3 is 6.03 Å². The highest BCUT2D eigenvalue weighted by molar-refractivity contribution is 7.89. The summed E-state index contributed by atoms with van der Waals surface area (Å²) in [5, 5.41) is 5.53. The zero-order valence-corrected chi connectivity index (χ0v) is 21.2. The monoisotopic (exact) mass is 538 g/mol. The van der Waals surface area contributed by atoms with Crippen LogP contribution >= 0.6 is 23.2 Å². The lowest BCUT2D eigenvalue weighted by molar-refractivity contribution is -0.133. The number of carbonyl (C=O) groups excluding carboxylic acids is 3. The number of anilines is 1. The number of imide groups is 1. The first kappa shape index (κ1) is 25.4.